The van der Waals surface area contributed by atoms with Crippen LogP contribution in [-0.2, 0) is 16.1 Å². The average Bonchev–Trinajstić information content (AvgIpc) is 2.95. The highest BCUT2D eigenvalue weighted by Crippen LogP contribution is 2.43. The molecule has 1 saturated heterocycles. The molecular weight excluding hydrogens is 266 g/mol. The number of aromatic nitrogens is 1. The van der Waals surface area contributed by atoms with E-state index in [4.69, 9.17) is 0 Å². The van der Waals surface area contributed by atoms with Crippen molar-refractivity contribution in [1.82, 2.24) is 9.88 Å². The Morgan fingerprint density at radius 1 is 1.29 bits per heavy atom. The molecule has 3 rings (SSSR count). The van der Waals surface area contributed by atoms with Crippen LogP contribution in [-0.4, -0.2) is 28.2 Å². The highest BCUT2D eigenvalue weighted by molar-refractivity contribution is 6.05. The van der Waals surface area contributed by atoms with E-state index >= 15 is 0 Å². The summed E-state index contributed by atoms with van der Waals surface area (Å²) < 4.78 is 0. The number of amides is 2. The lowest BCUT2D eigenvalue weighted by molar-refractivity contribution is -0.141. The van der Waals surface area contributed by atoms with Gasteiger partial charge in [-0.3, -0.25) is 14.5 Å². The molecule has 2 fully saturated rings. The second kappa shape index (κ2) is 5.47. The van der Waals surface area contributed by atoms with Crippen molar-refractivity contribution in [2.75, 3.05) is 11.9 Å². The summed E-state index contributed by atoms with van der Waals surface area (Å²) >= 11 is 0. The van der Waals surface area contributed by atoms with Crippen LogP contribution >= 0.6 is 0 Å². The predicted molar refractivity (Wildman–Crippen MR) is 79.3 cm³/mol. The van der Waals surface area contributed by atoms with Gasteiger partial charge in [-0.2, -0.15) is 0 Å². The largest absolute Gasteiger partial charge is 0.370 e. The summed E-state index contributed by atoms with van der Waals surface area (Å²) in [7, 11) is 0. The van der Waals surface area contributed by atoms with E-state index in [9.17, 15) is 9.59 Å². The molecule has 0 bridgehead atoms. The Kier molecular flexibility index (Phi) is 3.66. The lowest BCUT2D eigenvalue weighted by atomic mass is 10.00. The molecule has 21 heavy (non-hydrogen) atoms. The molecule has 2 aliphatic rings. The number of nitrogens with one attached hydrogen (secondary N) is 1. The van der Waals surface area contributed by atoms with Gasteiger partial charge in [0.15, 0.2) is 0 Å². The molecule has 2 atom stereocenters. The third kappa shape index (κ3) is 2.41. The van der Waals surface area contributed by atoms with Crippen LogP contribution < -0.4 is 5.32 Å². The van der Waals surface area contributed by atoms with Crippen LogP contribution in [0, 0.1) is 17.8 Å². The summed E-state index contributed by atoms with van der Waals surface area (Å²) in [4.78, 5) is 30.7. The first-order valence-corrected chi connectivity index (χ1v) is 7.64. The van der Waals surface area contributed by atoms with E-state index in [1.807, 2.05) is 19.1 Å². The zero-order chi connectivity index (χ0) is 15.0. The maximum Gasteiger partial charge on any atom is 0.233 e. The highest BCUT2D eigenvalue weighted by atomic mass is 16.2. The third-order valence-electron chi connectivity index (χ3n) is 4.53. The average molecular weight is 287 g/mol. The van der Waals surface area contributed by atoms with Gasteiger partial charge in [-0.1, -0.05) is 13.0 Å². The van der Waals surface area contributed by atoms with Gasteiger partial charge in [0.05, 0.1) is 18.4 Å². The van der Waals surface area contributed by atoms with E-state index in [0.717, 1.165) is 30.8 Å². The number of nitrogens with zero attached hydrogens (tertiary/aromatic N) is 2. The quantitative estimate of drug-likeness (QED) is 0.861. The zero-order valence-electron chi connectivity index (χ0n) is 12.5. The van der Waals surface area contributed by atoms with Crippen molar-refractivity contribution < 1.29 is 9.59 Å². The monoisotopic (exact) mass is 287 g/mol. The van der Waals surface area contributed by atoms with Crippen molar-refractivity contribution in [3.63, 3.8) is 0 Å². The van der Waals surface area contributed by atoms with Gasteiger partial charge in [0.25, 0.3) is 0 Å². The molecule has 112 valence electrons. The summed E-state index contributed by atoms with van der Waals surface area (Å²) in [5, 5.41) is 3.18. The van der Waals surface area contributed by atoms with Gasteiger partial charge in [-0.25, -0.2) is 4.98 Å². The molecule has 0 spiro atoms. The molecule has 2 amide bonds. The predicted octanol–water partition coefficient (Wildman–Crippen LogP) is 2.04. The Morgan fingerprint density at radius 2 is 1.95 bits per heavy atom. The smallest absolute Gasteiger partial charge is 0.233 e. The van der Waals surface area contributed by atoms with Gasteiger partial charge in [0.1, 0.15) is 5.82 Å². The molecule has 5 heteroatoms. The van der Waals surface area contributed by atoms with Crippen LogP contribution in [0.2, 0.25) is 0 Å². The maximum atomic E-state index is 12.5. The summed E-state index contributed by atoms with van der Waals surface area (Å²) in [6.45, 7) is 5.20. The van der Waals surface area contributed by atoms with E-state index in [2.05, 4.69) is 17.2 Å². The fourth-order valence-electron chi connectivity index (χ4n) is 3.57. The lowest BCUT2D eigenvalue weighted by Crippen LogP contribution is -2.32. The molecule has 5 nitrogen and oxygen atoms in total. The Balaban J connectivity index is 1.80. The van der Waals surface area contributed by atoms with Crippen molar-refractivity contribution in [3.8, 4) is 0 Å². The summed E-state index contributed by atoms with van der Waals surface area (Å²) in [5.74, 6) is 1.05. The van der Waals surface area contributed by atoms with Gasteiger partial charge in [-0.15, -0.1) is 0 Å². The topological polar surface area (TPSA) is 62.3 Å². The number of imide groups is 1. The van der Waals surface area contributed by atoms with Gasteiger partial charge in [0, 0.05) is 18.3 Å². The van der Waals surface area contributed by atoms with Crippen LogP contribution in [0.25, 0.3) is 0 Å². The first-order chi connectivity index (χ1) is 10.1. The molecule has 0 radical (unpaired) electrons. The summed E-state index contributed by atoms with van der Waals surface area (Å²) in [6.07, 6.45) is 3.41. The SMILES string of the molecule is CCNc1ncccc1CN1C(=O)C2CC(C)CC2C1=O. The van der Waals surface area contributed by atoms with Crippen molar-refractivity contribution in [2.24, 2.45) is 17.8 Å². The summed E-state index contributed by atoms with van der Waals surface area (Å²) in [6, 6.07) is 3.76. The Bertz CT molecular complexity index is 548. The Morgan fingerprint density at radius 3 is 2.57 bits per heavy atom. The van der Waals surface area contributed by atoms with E-state index in [-0.39, 0.29) is 23.7 Å². The molecule has 1 aliphatic heterocycles. The Hall–Kier alpha value is -1.91. The number of rotatable bonds is 4. The summed E-state index contributed by atoms with van der Waals surface area (Å²) in [5.41, 5.74) is 0.897. The zero-order valence-corrected chi connectivity index (χ0v) is 12.5. The molecule has 0 aromatic carbocycles. The van der Waals surface area contributed by atoms with Gasteiger partial charge in [-0.05, 0) is 31.7 Å². The van der Waals surface area contributed by atoms with E-state index in [1.165, 1.54) is 4.90 Å². The van der Waals surface area contributed by atoms with Crippen LogP contribution in [0.4, 0.5) is 5.82 Å². The molecule has 1 aromatic rings. The molecule has 2 heterocycles. The number of likely N-dealkylation sites (tertiary alicyclic amines) is 1. The minimum Gasteiger partial charge on any atom is -0.370 e. The van der Waals surface area contributed by atoms with Crippen molar-refractivity contribution >= 4 is 17.6 Å². The lowest BCUT2D eigenvalue weighted by Gasteiger charge is -2.18. The van der Waals surface area contributed by atoms with Crippen molar-refractivity contribution in [2.45, 2.75) is 33.2 Å². The van der Waals surface area contributed by atoms with E-state index in [1.54, 1.807) is 6.20 Å². The third-order valence-corrected chi connectivity index (χ3v) is 4.53. The highest BCUT2D eigenvalue weighted by Gasteiger charge is 2.51. The molecule has 1 N–H and O–H groups in total. The van der Waals surface area contributed by atoms with Gasteiger partial charge < -0.3 is 5.32 Å². The van der Waals surface area contributed by atoms with E-state index in [0.29, 0.717) is 12.5 Å². The van der Waals surface area contributed by atoms with Crippen LogP contribution in [0.15, 0.2) is 18.3 Å². The van der Waals surface area contributed by atoms with Crippen LogP contribution in [0.3, 0.4) is 0 Å². The van der Waals surface area contributed by atoms with Crippen molar-refractivity contribution in [3.05, 3.63) is 23.9 Å². The van der Waals surface area contributed by atoms with Gasteiger partial charge >= 0.3 is 0 Å². The molecule has 2 unspecified atom stereocenters. The first kappa shape index (κ1) is 14.0. The fraction of sp³-hybridized carbons (Fsp3) is 0.562. The molecular formula is C16H21N3O2. The first-order valence-electron chi connectivity index (χ1n) is 7.64. The number of fused-ring (bicyclic) bond motifs is 1. The number of anilines is 1. The Labute approximate surface area is 124 Å². The standard InChI is InChI=1S/C16H21N3O2/c1-3-17-14-11(5-4-6-18-14)9-19-15(20)12-7-10(2)8-13(12)16(19)21/h4-6,10,12-13H,3,7-9H2,1-2H3,(H,17,18). The van der Waals surface area contributed by atoms with Crippen LogP contribution in [0.1, 0.15) is 32.3 Å². The minimum atomic E-state index is -0.0910. The normalized spacial score (nSPS) is 28.1. The van der Waals surface area contributed by atoms with Crippen molar-refractivity contribution in [1.29, 1.82) is 0 Å². The van der Waals surface area contributed by atoms with Gasteiger partial charge in [0.2, 0.25) is 11.8 Å². The molecule has 1 aromatic heterocycles. The number of carbonyl (C=O) groups excluding carboxylic acids is 2. The second-order valence-electron chi connectivity index (χ2n) is 6.09. The molecule has 1 aliphatic carbocycles. The number of pyridine rings is 1. The molecule has 1 saturated carbocycles. The van der Waals surface area contributed by atoms with E-state index < -0.39 is 0 Å². The number of hydrogen-bond donors (Lipinski definition) is 1. The maximum absolute atomic E-state index is 12.5. The minimum absolute atomic E-state index is 0.000603. The number of hydrogen-bond acceptors (Lipinski definition) is 4. The second-order valence-corrected chi connectivity index (χ2v) is 6.09. The fourth-order valence-corrected chi connectivity index (χ4v) is 3.57. The number of carbonyl (C=O) groups is 2. The van der Waals surface area contributed by atoms with Crippen LogP contribution in [0.5, 0.6) is 0 Å².